The number of aryl methyl sites for hydroxylation is 1. The fraction of sp³-hybridized carbons (Fsp3) is 0.533. The lowest BCUT2D eigenvalue weighted by atomic mass is 10.0. The normalized spacial score (nSPS) is 21.3. The Bertz CT molecular complexity index is 1680. The van der Waals surface area contributed by atoms with Crippen molar-refractivity contribution in [2.45, 2.75) is 67.5 Å². The number of nitrogens with one attached hydrogen (secondary N) is 1. The zero-order chi connectivity index (χ0) is 33.6. The predicted octanol–water partition coefficient (Wildman–Crippen LogP) is 3.40. The van der Waals surface area contributed by atoms with Crippen LogP contribution >= 0.6 is 11.3 Å². The second kappa shape index (κ2) is 15.3. The van der Waals surface area contributed by atoms with Crippen molar-refractivity contribution >= 4 is 43.0 Å². The van der Waals surface area contributed by atoms with E-state index in [2.05, 4.69) is 9.71 Å². The topological polar surface area (TPSA) is 160 Å². The zero-order valence-corrected chi connectivity index (χ0v) is 29.1. The second-order valence-corrected chi connectivity index (χ2v) is 16.6. The van der Waals surface area contributed by atoms with Crippen LogP contribution in [0.25, 0.3) is 0 Å². The van der Waals surface area contributed by atoms with E-state index in [1.165, 1.54) is 40.9 Å². The molecule has 0 bridgehead atoms. The molecule has 16 heteroatoms. The first kappa shape index (κ1) is 35.8. The van der Waals surface area contributed by atoms with Crippen molar-refractivity contribution in [3.8, 4) is 5.75 Å². The van der Waals surface area contributed by atoms with E-state index < -0.39 is 38.1 Å². The van der Waals surface area contributed by atoms with Crippen molar-refractivity contribution in [2.75, 3.05) is 38.1 Å². The first-order valence-electron chi connectivity index (χ1n) is 15.1. The summed E-state index contributed by atoms with van der Waals surface area (Å²) in [5, 5.41) is 11.8. The highest BCUT2D eigenvalue weighted by Gasteiger charge is 2.33. The van der Waals surface area contributed by atoms with Gasteiger partial charge in [-0.25, -0.2) is 21.8 Å². The van der Waals surface area contributed by atoms with E-state index >= 15 is 0 Å². The molecule has 0 aliphatic carbocycles. The summed E-state index contributed by atoms with van der Waals surface area (Å²) in [4.78, 5) is 19.8. The molecule has 0 unspecified atom stereocenters. The van der Waals surface area contributed by atoms with Crippen LogP contribution in [0.5, 0.6) is 5.75 Å². The number of aromatic nitrogens is 2. The smallest absolute Gasteiger partial charge is 0.271 e. The Labute approximate surface area is 275 Å². The number of thiophene rings is 1. The van der Waals surface area contributed by atoms with Gasteiger partial charge in [-0.3, -0.25) is 9.52 Å². The van der Waals surface area contributed by atoms with Crippen LogP contribution in [0, 0.1) is 5.92 Å². The fourth-order valence-electron chi connectivity index (χ4n) is 5.10. The van der Waals surface area contributed by atoms with Gasteiger partial charge in [0, 0.05) is 51.6 Å². The fourth-order valence-corrected chi connectivity index (χ4v) is 8.29. The first-order valence-corrected chi connectivity index (χ1v) is 18.9. The molecule has 1 aliphatic heterocycles. The van der Waals surface area contributed by atoms with Crippen LogP contribution in [0.4, 0.5) is 5.69 Å². The minimum Gasteiger partial charge on any atom is -0.490 e. The lowest BCUT2D eigenvalue weighted by molar-refractivity contribution is -0.00835. The standard InChI is InChI=1S/C30H43N5O8S3/c1-21-16-35(22(2)19-36)30(37)25-15-24(32-45(38,39)29-10-8-14-44-29)11-12-26(25)43-23(3)9-6-7-13-42-27(21)17-34(5)46(40,41)28-18-33(4)20-31-28/h8,10-12,14-15,18,20-23,27,32,36H,6-7,9,13,16-17,19H2,1-5H3/t21-,22-,23+,27+/m0/s1. The van der Waals surface area contributed by atoms with Gasteiger partial charge in [0.15, 0.2) is 5.03 Å². The number of carbonyl (C=O) groups is 1. The van der Waals surface area contributed by atoms with Gasteiger partial charge in [-0.1, -0.05) is 13.0 Å². The molecule has 0 saturated heterocycles. The summed E-state index contributed by atoms with van der Waals surface area (Å²) < 4.78 is 70.4. The van der Waals surface area contributed by atoms with E-state index in [9.17, 15) is 26.7 Å². The van der Waals surface area contributed by atoms with Crippen LogP contribution in [0.2, 0.25) is 0 Å². The number of fused-ring (bicyclic) bond motifs is 1. The Morgan fingerprint density at radius 1 is 1.20 bits per heavy atom. The number of likely N-dealkylation sites (N-methyl/N-ethyl adjacent to an activating group) is 1. The maximum absolute atomic E-state index is 14.3. The minimum absolute atomic E-state index is 0.0142. The zero-order valence-electron chi connectivity index (χ0n) is 26.7. The molecule has 3 aromatic rings. The Morgan fingerprint density at radius 3 is 2.61 bits per heavy atom. The molecule has 254 valence electrons. The Kier molecular flexibility index (Phi) is 11.9. The quantitative estimate of drug-likeness (QED) is 0.342. The number of ether oxygens (including phenoxy) is 2. The molecule has 0 spiro atoms. The van der Waals surface area contributed by atoms with E-state index in [4.69, 9.17) is 9.47 Å². The highest BCUT2D eigenvalue weighted by atomic mass is 32.2. The molecule has 2 N–H and O–H groups in total. The number of anilines is 1. The highest BCUT2D eigenvalue weighted by Crippen LogP contribution is 2.30. The van der Waals surface area contributed by atoms with Gasteiger partial charge in [-0.2, -0.15) is 4.31 Å². The third-order valence-corrected chi connectivity index (χ3v) is 12.3. The number of aliphatic hydroxyl groups excluding tert-OH is 1. The van der Waals surface area contributed by atoms with Gasteiger partial charge in [-0.15, -0.1) is 11.3 Å². The summed E-state index contributed by atoms with van der Waals surface area (Å²) >= 11 is 1.08. The maximum atomic E-state index is 14.3. The summed E-state index contributed by atoms with van der Waals surface area (Å²) in [7, 11) is -4.62. The van der Waals surface area contributed by atoms with Gasteiger partial charge in [0.05, 0.1) is 36.7 Å². The van der Waals surface area contributed by atoms with Gasteiger partial charge in [0.1, 0.15) is 9.96 Å². The van der Waals surface area contributed by atoms with Crippen molar-refractivity contribution in [3.05, 3.63) is 53.8 Å². The van der Waals surface area contributed by atoms with Crippen LogP contribution in [-0.2, 0) is 31.8 Å². The average molecular weight is 698 g/mol. The summed E-state index contributed by atoms with van der Waals surface area (Å²) in [6, 6.07) is 7.08. The maximum Gasteiger partial charge on any atom is 0.271 e. The van der Waals surface area contributed by atoms with Crippen LogP contribution in [-0.4, -0.2) is 98.2 Å². The van der Waals surface area contributed by atoms with Crippen molar-refractivity contribution in [1.82, 2.24) is 18.8 Å². The molecule has 0 fully saturated rings. The summed E-state index contributed by atoms with van der Waals surface area (Å²) in [6.45, 7) is 5.64. The van der Waals surface area contributed by atoms with Gasteiger partial charge in [0.25, 0.3) is 26.0 Å². The number of benzene rings is 1. The molecule has 1 amide bonds. The monoisotopic (exact) mass is 697 g/mol. The Morgan fingerprint density at radius 2 is 1.96 bits per heavy atom. The number of nitrogens with zero attached hydrogens (tertiary/aromatic N) is 4. The summed E-state index contributed by atoms with van der Waals surface area (Å²) in [6.07, 6.45) is 4.12. The average Bonchev–Trinajstić information content (AvgIpc) is 3.72. The number of aliphatic hydroxyl groups is 1. The lowest BCUT2D eigenvalue weighted by Gasteiger charge is -2.35. The Hall–Kier alpha value is -3.02. The van der Waals surface area contributed by atoms with Crippen molar-refractivity contribution in [1.29, 1.82) is 0 Å². The molecule has 4 rings (SSSR count). The number of carbonyl (C=O) groups excluding carboxylic acids is 1. The molecule has 4 atom stereocenters. The number of hydrogen-bond acceptors (Lipinski definition) is 10. The molecular formula is C30H43N5O8S3. The van der Waals surface area contributed by atoms with Gasteiger partial charge in [0.2, 0.25) is 0 Å². The number of rotatable bonds is 9. The third kappa shape index (κ3) is 8.66. The molecule has 0 saturated carbocycles. The van der Waals surface area contributed by atoms with E-state index in [-0.39, 0.29) is 52.2 Å². The molecule has 1 aromatic carbocycles. The summed E-state index contributed by atoms with van der Waals surface area (Å²) in [5.41, 5.74) is 0.320. The van der Waals surface area contributed by atoms with Gasteiger partial charge in [-0.05, 0) is 62.8 Å². The molecule has 2 aromatic heterocycles. The van der Waals surface area contributed by atoms with E-state index in [1.807, 2.05) is 13.8 Å². The van der Waals surface area contributed by atoms with E-state index in [0.29, 0.717) is 25.2 Å². The summed E-state index contributed by atoms with van der Waals surface area (Å²) in [5.74, 6) is -0.547. The van der Waals surface area contributed by atoms with E-state index in [0.717, 1.165) is 17.8 Å². The molecule has 46 heavy (non-hydrogen) atoms. The van der Waals surface area contributed by atoms with Crippen LogP contribution in [0.3, 0.4) is 0 Å². The van der Waals surface area contributed by atoms with Crippen molar-refractivity contribution < 1.29 is 36.2 Å². The van der Waals surface area contributed by atoms with Crippen molar-refractivity contribution in [2.24, 2.45) is 13.0 Å². The van der Waals surface area contributed by atoms with E-state index in [1.54, 1.807) is 42.1 Å². The predicted molar refractivity (Wildman–Crippen MR) is 175 cm³/mol. The molecule has 13 nitrogen and oxygen atoms in total. The molecule has 3 heterocycles. The van der Waals surface area contributed by atoms with Crippen molar-refractivity contribution in [3.63, 3.8) is 0 Å². The van der Waals surface area contributed by atoms with Gasteiger partial charge < -0.3 is 24.0 Å². The molecule has 0 radical (unpaired) electrons. The largest absolute Gasteiger partial charge is 0.490 e. The number of amides is 1. The molecule has 1 aliphatic rings. The van der Waals surface area contributed by atoms with Crippen LogP contribution in [0.1, 0.15) is 50.4 Å². The first-order chi connectivity index (χ1) is 21.7. The number of hydrogen-bond donors (Lipinski definition) is 2. The van der Waals surface area contributed by atoms with Crippen LogP contribution < -0.4 is 9.46 Å². The SMILES string of the molecule is C[C@@H]1CCCCO[C@H](CN(C)S(=O)(=O)c2cn(C)cn2)[C@@H](C)CN([C@@H](C)CO)C(=O)c2cc(NS(=O)(=O)c3cccs3)ccc2O1. The number of sulfonamides is 2. The van der Waals surface area contributed by atoms with Crippen LogP contribution in [0.15, 0.2) is 57.5 Å². The molecular weight excluding hydrogens is 655 g/mol. The number of imidazole rings is 1. The lowest BCUT2D eigenvalue weighted by Crippen LogP contribution is -2.48. The second-order valence-electron chi connectivity index (χ2n) is 11.7. The third-order valence-electron chi connectivity index (χ3n) is 7.86. The highest BCUT2D eigenvalue weighted by molar-refractivity contribution is 7.94. The Balaban J connectivity index is 1.67. The minimum atomic E-state index is -3.90. The van der Waals surface area contributed by atoms with Gasteiger partial charge >= 0.3 is 0 Å².